The van der Waals surface area contributed by atoms with E-state index in [2.05, 4.69) is 39.0 Å². The SMILES string of the molecule is CC1(CC#N)Cc2cc(C(C)(C)C)ccc2O1. The van der Waals surface area contributed by atoms with Gasteiger partial charge in [-0.05, 0) is 29.5 Å². The van der Waals surface area contributed by atoms with Gasteiger partial charge in [0.25, 0.3) is 0 Å². The molecule has 0 amide bonds. The van der Waals surface area contributed by atoms with Crippen LogP contribution in [0.4, 0.5) is 0 Å². The van der Waals surface area contributed by atoms with Gasteiger partial charge < -0.3 is 4.74 Å². The number of benzene rings is 1. The second-order valence-corrected chi connectivity index (χ2v) is 6.14. The van der Waals surface area contributed by atoms with Crippen LogP contribution in [0.15, 0.2) is 18.2 Å². The minimum atomic E-state index is -0.340. The second kappa shape index (κ2) is 3.77. The molecule has 1 atom stereocenters. The van der Waals surface area contributed by atoms with Gasteiger partial charge in [-0.1, -0.05) is 32.9 Å². The van der Waals surface area contributed by atoms with Gasteiger partial charge in [-0.3, -0.25) is 0 Å². The van der Waals surface area contributed by atoms with Crippen LogP contribution >= 0.6 is 0 Å². The third-order valence-electron chi connectivity index (χ3n) is 3.30. The van der Waals surface area contributed by atoms with Gasteiger partial charge in [0.05, 0.1) is 12.5 Å². The molecule has 0 saturated heterocycles. The van der Waals surface area contributed by atoms with Gasteiger partial charge in [0.2, 0.25) is 0 Å². The van der Waals surface area contributed by atoms with E-state index in [-0.39, 0.29) is 11.0 Å². The second-order valence-electron chi connectivity index (χ2n) is 6.14. The monoisotopic (exact) mass is 229 g/mol. The molecule has 17 heavy (non-hydrogen) atoms. The number of hydrogen-bond acceptors (Lipinski definition) is 2. The van der Waals surface area contributed by atoms with Crippen LogP contribution in [-0.4, -0.2) is 5.60 Å². The molecule has 2 rings (SSSR count). The third-order valence-corrected chi connectivity index (χ3v) is 3.30. The molecule has 2 nitrogen and oxygen atoms in total. The van der Waals surface area contributed by atoms with Crippen molar-refractivity contribution in [3.05, 3.63) is 29.3 Å². The lowest BCUT2D eigenvalue weighted by atomic mass is 9.85. The minimum absolute atomic E-state index is 0.156. The minimum Gasteiger partial charge on any atom is -0.486 e. The van der Waals surface area contributed by atoms with E-state index in [0.29, 0.717) is 6.42 Å². The van der Waals surface area contributed by atoms with Gasteiger partial charge in [0.15, 0.2) is 0 Å². The van der Waals surface area contributed by atoms with Crippen molar-refractivity contribution in [2.24, 2.45) is 0 Å². The first-order chi connectivity index (χ1) is 7.84. The van der Waals surface area contributed by atoms with Crippen LogP contribution in [-0.2, 0) is 11.8 Å². The van der Waals surface area contributed by atoms with E-state index in [1.165, 1.54) is 11.1 Å². The summed E-state index contributed by atoms with van der Waals surface area (Å²) < 4.78 is 5.88. The molecular weight excluding hydrogens is 210 g/mol. The number of rotatable bonds is 1. The zero-order chi connectivity index (χ0) is 12.7. The van der Waals surface area contributed by atoms with Crippen molar-refractivity contribution in [3.8, 4) is 11.8 Å². The fraction of sp³-hybridized carbons (Fsp3) is 0.533. The van der Waals surface area contributed by atoms with Crippen molar-refractivity contribution in [3.63, 3.8) is 0 Å². The van der Waals surface area contributed by atoms with Crippen molar-refractivity contribution >= 4 is 0 Å². The molecule has 1 aromatic carbocycles. The Morgan fingerprint density at radius 1 is 1.41 bits per heavy atom. The van der Waals surface area contributed by atoms with E-state index < -0.39 is 0 Å². The molecule has 1 aliphatic rings. The summed E-state index contributed by atoms with van der Waals surface area (Å²) in [5, 5.41) is 8.82. The quantitative estimate of drug-likeness (QED) is 0.737. The normalized spacial score (nSPS) is 22.8. The van der Waals surface area contributed by atoms with Gasteiger partial charge in [0, 0.05) is 6.42 Å². The zero-order valence-corrected chi connectivity index (χ0v) is 11.0. The summed E-state index contributed by atoms with van der Waals surface area (Å²) in [6.45, 7) is 8.63. The van der Waals surface area contributed by atoms with E-state index in [4.69, 9.17) is 10.00 Å². The van der Waals surface area contributed by atoms with E-state index in [9.17, 15) is 0 Å². The molecule has 1 heterocycles. The molecule has 0 fully saturated rings. The molecule has 1 aromatic rings. The Morgan fingerprint density at radius 3 is 2.71 bits per heavy atom. The highest BCUT2D eigenvalue weighted by atomic mass is 16.5. The Hall–Kier alpha value is -1.49. The maximum atomic E-state index is 8.82. The Morgan fingerprint density at radius 2 is 2.12 bits per heavy atom. The molecular formula is C15H19NO. The van der Waals surface area contributed by atoms with E-state index in [1.807, 2.05) is 13.0 Å². The van der Waals surface area contributed by atoms with Gasteiger partial charge in [-0.25, -0.2) is 0 Å². The number of nitrogens with zero attached hydrogens (tertiary/aromatic N) is 1. The van der Waals surface area contributed by atoms with Crippen LogP contribution in [0.3, 0.4) is 0 Å². The van der Waals surface area contributed by atoms with Crippen molar-refractivity contribution < 1.29 is 4.74 Å². The molecule has 0 saturated carbocycles. The summed E-state index contributed by atoms with van der Waals surface area (Å²) in [5.41, 5.74) is 2.37. The van der Waals surface area contributed by atoms with Crippen molar-refractivity contribution in [2.75, 3.05) is 0 Å². The van der Waals surface area contributed by atoms with Crippen molar-refractivity contribution in [1.29, 1.82) is 5.26 Å². The van der Waals surface area contributed by atoms with E-state index >= 15 is 0 Å². The molecule has 90 valence electrons. The first-order valence-electron chi connectivity index (χ1n) is 6.03. The first kappa shape index (κ1) is 12.0. The standard InChI is InChI=1S/C15H19NO/c1-14(2,3)12-5-6-13-11(9-12)10-15(4,17-13)7-8-16/h5-6,9H,7,10H2,1-4H3. The third kappa shape index (κ3) is 2.29. The van der Waals surface area contributed by atoms with E-state index in [0.717, 1.165) is 12.2 Å². The largest absolute Gasteiger partial charge is 0.486 e. The van der Waals surface area contributed by atoms with Gasteiger partial charge in [-0.2, -0.15) is 5.26 Å². The Balaban J connectivity index is 2.32. The highest BCUT2D eigenvalue weighted by Crippen LogP contribution is 2.38. The lowest BCUT2D eigenvalue weighted by Crippen LogP contribution is -2.29. The number of hydrogen-bond donors (Lipinski definition) is 0. The smallest absolute Gasteiger partial charge is 0.123 e. The highest BCUT2D eigenvalue weighted by Gasteiger charge is 2.35. The summed E-state index contributed by atoms with van der Waals surface area (Å²) in [5.74, 6) is 0.941. The lowest BCUT2D eigenvalue weighted by Gasteiger charge is -2.20. The summed E-state index contributed by atoms with van der Waals surface area (Å²) in [6, 6.07) is 8.59. The summed E-state index contributed by atoms with van der Waals surface area (Å²) >= 11 is 0. The zero-order valence-electron chi connectivity index (χ0n) is 11.0. The number of ether oxygens (including phenoxy) is 1. The maximum absolute atomic E-state index is 8.82. The van der Waals surface area contributed by atoms with Gasteiger partial charge in [0.1, 0.15) is 11.4 Å². The predicted octanol–water partition coefficient (Wildman–Crippen LogP) is 3.59. The van der Waals surface area contributed by atoms with Gasteiger partial charge >= 0.3 is 0 Å². The molecule has 2 heteroatoms. The van der Waals surface area contributed by atoms with Crippen molar-refractivity contribution in [1.82, 2.24) is 0 Å². The van der Waals surface area contributed by atoms with Crippen LogP contribution in [0, 0.1) is 11.3 Å². The maximum Gasteiger partial charge on any atom is 0.123 e. The highest BCUT2D eigenvalue weighted by molar-refractivity contribution is 5.44. The van der Waals surface area contributed by atoms with Crippen LogP contribution in [0.1, 0.15) is 45.2 Å². The number of nitriles is 1. The molecule has 1 unspecified atom stereocenters. The van der Waals surface area contributed by atoms with Gasteiger partial charge in [-0.15, -0.1) is 0 Å². The van der Waals surface area contributed by atoms with E-state index in [1.54, 1.807) is 0 Å². The lowest BCUT2D eigenvalue weighted by molar-refractivity contribution is 0.122. The molecule has 0 aromatic heterocycles. The summed E-state index contributed by atoms with van der Waals surface area (Å²) in [6.07, 6.45) is 1.27. The predicted molar refractivity (Wildman–Crippen MR) is 68.1 cm³/mol. The van der Waals surface area contributed by atoms with Crippen LogP contribution < -0.4 is 4.74 Å². The average molecular weight is 229 g/mol. The Labute approximate surface area is 103 Å². The fourth-order valence-corrected chi connectivity index (χ4v) is 2.25. The summed E-state index contributed by atoms with van der Waals surface area (Å²) in [7, 11) is 0. The van der Waals surface area contributed by atoms with Crippen LogP contribution in [0.25, 0.3) is 0 Å². The van der Waals surface area contributed by atoms with Crippen LogP contribution in [0.2, 0.25) is 0 Å². The summed E-state index contributed by atoms with van der Waals surface area (Å²) in [4.78, 5) is 0. The van der Waals surface area contributed by atoms with Crippen molar-refractivity contribution in [2.45, 2.75) is 51.6 Å². The average Bonchev–Trinajstić information content (AvgIpc) is 2.51. The molecule has 0 bridgehead atoms. The van der Waals surface area contributed by atoms with Crippen LogP contribution in [0.5, 0.6) is 5.75 Å². The molecule has 0 aliphatic carbocycles. The molecule has 1 aliphatic heterocycles. The first-order valence-corrected chi connectivity index (χ1v) is 6.03. The topological polar surface area (TPSA) is 33.0 Å². The number of fused-ring (bicyclic) bond motifs is 1. The molecule has 0 spiro atoms. The molecule has 0 N–H and O–H groups in total. The fourth-order valence-electron chi connectivity index (χ4n) is 2.25. The Kier molecular flexibility index (Phi) is 2.66. The Bertz CT molecular complexity index is 479. The molecule has 0 radical (unpaired) electrons.